The summed E-state index contributed by atoms with van der Waals surface area (Å²) < 4.78 is 10.9. The van der Waals surface area contributed by atoms with E-state index in [9.17, 15) is 4.79 Å². The van der Waals surface area contributed by atoms with Crippen molar-refractivity contribution in [3.05, 3.63) is 29.3 Å². The number of anilines is 1. The van der Waals surface area contributed by atoms with Crippen LogP contribution in [0.4, 0.5) is 5.69 Å². The fraction of sp³-hybridized carbons (Fsp3) is 0.500. The van der Waals surface area contributed by atoms with Gasteiger partial charge in [-0.15, -0.1) is 0 Å². The zero-order valence-electron chi connectivity index (χ0n) is 11.4. The largest absolute Gasteiger partial charge is 0.459 e. The first-order valence-corrected chi connectivity index (χ1v) is 6.40. The molecule has 0 bridgehead atoms. The molecule has 0 amide bonds. The molecule has 0 aliphatic carbocycles. The number of hydrogen-bond acceptors (Lipinski definition) is 5. The van der Waals surface area contributed by atoms with Gasteiger partial charge in [0.05, 0.1) is 12.2 Å². The number of esters is 1. The van der Waals surface area contributed by atoms with Crippen LogP contribution in [0.1, 0.15) is 15.9 Å². The van der Waals surface area contributed by atoms with E-state index in [1.807, 2.05) is 26.1 Å². The van der Waals surface area contributed by atoms with Crippen molar-refractivity contribution in [3.63, 3.8) is 0 Å². The van der Waals surface area contributed by atoms with Crippen molar-refractivity contribution >= 4 is 11.7 Å². The monoisotopic (exact) mass is 264 g/mol. The molecular formula is C14H20N2O3. The zero-order chi connectivity index (χ0) is 13.8. The molecule has 19 heavy (non-hydrogen) atoms. The summed E-state index contributed by atoms with van der Waals surface area (Å²) in [6, 6.07) is 5.37. The molecule has 1 aromatic rings. The lowest BCUT2D eigenvalue weighted by Crippen LogP contribution is -2.42. The molecule has 0 aromatic heterocycles. The first kappa shape index (κ1) is 13.8. The second-order valence-electron chi connectivity index (χ2n) is 4.89. The minimum Gasteiger partial charge on any atom is -0.459 e. The molecule has 1 unspecified atom stereocenters. The molecular weight excluding hydrogens is 244 g/mol. The Morgan fingerprint density at radius 1 is 1.58 bits per heavy atom. The van der Waals surface area contributed by atoms with Crippen LogP contribution in [0.5, 0.6) is 0 Å². The van der Waals surface area contributed by atoms with Crippen LogP contribution in [-0.2, 0) is 9.47 Å². The van der Waals surface area contributed by atoms with Crippen molar-refractivity contribution in [2.45, 2.75) is 13.0 Å². The van der Waals surface area contributed by atoms with E-state index in [1.165, 1.54) is 0 Å². The van der Waals surface area contributed by atoms with Gasteiger partial charge in [0.15, 0.2) is 0 Å². The molecule has 2 N–H and O–H groups in total. The summed E-state index contributed by atoms with van der Waals surface area (Å²) in [5.74, 6) is -0.382. The Morgan fingerprint density at radius 2 is 2.37 bits per heavy atom. The molecule has 5 nitrogen and oxygen atoms in total. The predicted molar refractivity (Wildman–Crippen MR) is 73.1 cm³/mol. The number of carbonyl (C=O) groups excluding carboxylic acids is 1. The molecule has 1 aromatic carbocycles. The van der Waals surface area contributed by atoms with Crippen molar-refractivity contribution in [2.75, 3.05) is 39.1 Å². The van der Waals surface area contributed by atoms with E-state index >= 15 is 0 Å². The van der Waals surface area contributed by atoms with Crippen LogP contribution in [0.15, 0.2) is 18.2 Å². The third kappa shape index (κ3) is 3.45. The van der Waals surface area contributed by atoms with Gasteiger partial charge in [0.25, 0.3) is 0 Å². The van der Waals surface area contributed by atoms with E-state index in [0.717, 1.165) is 18.7 Å². The van der Waals surface area contributed by atoms with Crippen LogP contribution in [0.3, 0.4) is 0 Å². The normalized spacial score (nSPS) is 20.2. The molecule has 1 aliphatic heterocycles. The third-order valence-electron chi connectivity index (χ3n) is 3.25. The summed E-state index contributed by atoms with van der Waals surface area (Å²) in [7, 11) is 2.02. The van der Waals surface area contributed by atoms with E-state index in [2.05, 4.69) is 4.90 Å². The molecule has 5 heteroatoms. The summed E-state index contributed by atoms with van der Waals surface area (Å²) in [5, 5.41) is 0. The van der Waals surface area contributed by atoms with Crippen molar-refractivity contribution in [2.24, 2.45) is 0 Å². The minimum atomic E-state index is -0.382. The predicted octanol–water partition coefficient (Wildman–Crippen LogP) is 1.06. The number of hydrogen-bond donors (Lipinski definition) is 1. The fourth-order valence-electron chi connectivity index (χ4n) is 2.18. The van der Waals surface area contributed by atoms with Gasteiger partial charge in [-0.2, -0.15) is 0 Å². The molecule has 104 valence electrons. The van der Waals surface area contributed by atoms with Gasteiger partial charge in [0.2, 0.25) is 0 Å². The van der Waals surface area contributed by atoms with E-state index < -0.39 is 0 Å². The number of nitrogens with two attached hydrogens (primary N) is 1. The highest BCUT2D eigenvalue weighted by Gasteiger charge is 2.21. The van der Waals surface area contributed by atoms with Crippen LogP contribution >= 0.6 is 0 Å². The molecule has 0 saturated carbocycles. The highest BCUT2D eigenvalue weighted by atomic mass is 16.6. The van der Waals surface area contributed by atoms with Crippen molar-refractivity contribution in [1.29, 1.82) is 0 Å². The molecule has 1 fully saturated rings. The topological polar surface area (TPSA) is 64.8 Å². The lowest BCUT2D eigenvalue weighted by atomic mass is 10.1. The van der Waals surface area contributed by atoms with Gasteiger partial charge in [0, 0.05) is 18.8 Å². The number of carbonyl (C=O) groups is 1. The number of rotatable bonds is 3. The number of nitrogen functional groups attached to an aromatic ring is 1. The van der Waals surface area contributed by atoms with Gasteiger partial charge < -0.3 is 20.1 Å². The lowest BCUT2D eigenvalue weighted by Gasteiger charge is -2.29. The van der Waals surface area contributed by atoms with E-state index in [-0.39, 0.29) is 18.7 Å². The molecule has 1 heterocycles. The standard InChI is InChI=1S/C14H20N2O3/c1-10-4-3-5-12(15)13(10)14(17)19-9-11-8-16(2)6-7-18-11/h3-5,11H,6-9,15H2,1-2H3. The average Bonchev–Trinajstić information content (AvgIpc) is 2.36. The van der Waals surface area contributed by atoms with Crippen LogP contribution in [0.2, 0.25) is 0 Å². The van der Waals surface area contributed by atoms with Gasteiger partial charge in [-0.3, -0.25) is 0 Å². The van der Waals surface area contributed by atoms with Gasteiger partial charge in [-0.05, 0) is 25.6 Å². The van der Waals surface area contributed by atoms with Crippen LogP contribution in [-0.4, -0.2) is 50.3 Å². The van der Waals surface area contributed by atoms with E-state index in [4.69, 9.17) is 15.2 Å². The van der Waals surface area contributed by atoms with Crippen molar-refractivity contribution in [3.8, 4) is 0 Å². The Kier molecular flexibility index (Phi) is 4.39. The number of benzene rings is 1. The van der Waals surface area contributed by atoms with Gasteiger partial charge in [-0.25, -0.2) is 4.79 Å². The fourth-order valence-corrected chi connectivity index (χ4v) is 2.18. The number of morpholine rings is 1. The molecule has 2 rings (SSSR count). The summed E-state index contributed by atoms with van der Waals surface area (Å²) in [5.41, 5.74) is 7.54. The Hall–Kier alpha value is -1.59. The maximum atomic E-state index is 12.0. The van der Waals surface area contributed by atoms with Crippen LogP contribution in [0, 0.1) is 6.92 Å². The first-order valence-electron chi connectivity index (χ1n) is 6.40. The average molecular weight is 264 g/mol. The SMILES string of the molecule is Cc1cccc(N)c1C(=O)OCC1CN(C)CCO1. The van der Waals surface area contributed by atoms with Crippen molar-refractivity contribution < 1.29 is 14.3 Å². The number of likely N-dealkylation sites (N-methyl/N-ethyl adjacent to an activating group) is 1. The summed E-state index contributed by atoms with van der Waals surface area (Å²) in [6.07, 6.45) is -0.0621. The Labute approximate surface area is 113 Å². The first-order chi connectivity index (χ1) is 9.08. The van der Waals surface area contributed by atoms with Gasteiger partial charge in [-0.1, -0.05) is 12.1 Å². The Morgan fingerprint density at radius 3 is 3.05 bits per heavy atom. The van der Waals surface area contributed by atoms with Crippen molar-refractivity contribution in [1.82, 2.24) is 4.90 Å². The summed E-state index contributed by atoms with van der Waals surface area (Å²) in [4.78, 5) is 14.2. The van der Waals surface area contributed by atoms with Crippen LogP contribution in [0.25, 0.3) is 0 Å². The third-order valence-corrected chi connectivity index (χ3v) is 3.25. The molecule has 1 atom stereocenters. The van der Waals surface area contributed by atoms with Gasteiger partial charge in [0.1, 0.15) is 12.7 Å². The van der Waals surface area contributed by atoms with E-state index in [0.29, 0.717) is 17.9 Å². The highest BCUT2D eigenvalue weighted by molar-refractivity contribution is 5.96. The maximum Gasteiger partial charge on any atom is 0.340 e. The van der Waals surface area contributed by atoms with Gasteiger partial charge >= 0.3 is 5.97 Å². The Balaban J connectivity index is 1.94. The number of aryl methyl sites for hydroxylation is 1. The van der Waals surface area contributed by atoms with Crippen LogP contribution < -0.4 is 5.73 Å². The maximum absolute atomic E-state index is 12.0. The molecule has 1 saturated heterocycles. The van der Waals surface area contributed by atoms with E-state index in [1.54, 1.807) is 6.07 Å². The quantitative estimate of drug-likeness (QED) is 0.653. The number of ether oxygens (including phenoxy) is 2. The second-order valence-corrected chi connectivity index (χ2v) is 4.89. The highest BCUT2D eigenvalue weighted by Crippen LogP contribution is 2.17. The lowest BCUT2D eigenvalue weighted by molar-refractivity contribution is -0.0528. The molecule has 1 aliphatic rings. The summed E-state index contributed by atoms with van der Waals surface area (Å²) >= 11 is 0. The smallest absolute Gasteiger partial charge is 0.340 e. The second kappa shape index (κ2) is 6.04. The zero-order valence-corrected chi connectivity index (χ0v) is 11.4. The summed E-state index contributed by atoms with van der Waals surface area (Å²) in [6.45, 7) is 4.46. The minimum absolute atomic E-state index is 0.0621. The molecule has 0 radical (unpaired) electrons. The number of nitrogens with zero attached hydrogens (tertiary/aromatic N) is 1. The molecule has 0 spiro atoms. The Bertz CT molecular complexity index is 442.